The minimum absolute atomic E-state index is 0. The Morgan fingerprint density at radius 2 is 0.880 bits per heavy atom. The molecule has 2 nitrogen and oxygen atoms in total. The van der Waals surface area contributed by atoms with Crippen LogP contribution in [0, 0.1) is 0 Å². The number of aliphatic hydroxyl groups excluding tert-OH is 1. The molecular weight excluding hydrogens is 330 g/mol. The van der Waals surface area contributed by atoms with Crippen LogP contribution in [0.2, 0.25) is 0 Å². The molecule has 1 N–H and O–H groups in total. The van der Waals surface area contributed by atoms with E-state index >= 15 is 0 Å². The van der Waals surface area contributed by atoms with E-state index in [-0.39, 0.29) is 12.4 Å². The number of unbranched alkanes of at least 4 members (excludes halogenated alkanes) is 13. The molecule has 0 atom stereocenters. The van der Waals surface area contributed by atoms with Gasteiger partial charge in [0.2, 0.25) is 0 Å². The minimum Gasteiger partial charge on any atom is -1.00 e. The molecule has 0 aromatic rings. The second-order valence-electron chi connectivity index (χ2n) is 7.74. The van der Waals surface area contributed by atoms with Gasteiger partial charge in [-0.3, -0.25) is 0 Å². The summed E-state index contributed by atoms with van der Waals surface area (Å²) in [6.45, 7) is 11.7. The van der Waals surface area contributed by atoms with E-state index in [2.05, 4.69) is 20.8 Å². The van der Waals surface area contributed by atoms with Crippen LogP contribution >= 0.6 is 0 Å². The Morgan fingerprint density at radius 3 is 1.20 bits per heavy atom. The smallest absolute Gasteiger partial charge is 0.102 e. The van der Waals surface area contributed by atoms with Crippen LogP contribution in [-0.4, -0.2) is 42.4 Å². The molecular formula is C22H48ClNO. The van der Waals surface area contributed by atoms with Crippen molar-refractivity contribution in [2.75, 3.05) is 32.8 Å². The lowest BCUT2D eigenvalue weighted by Gasteiger charge is -2.36. The van der Waals surface area contributed by atoms with Gasteiger partial charge in [0, 0.05) is 0 Å². The number of hydrogen-bond acceptors (Lipinski definition) is 1. The lowest BCUT2D eigenvalue weighted by Crippen LogP contribution is -3.00. The maximum absolute atomic E-state index is 9.26. The van der Waals surface area contributed by atoms with Crippen LogP contribution in [0.5, 0.6) is 0 Å². The summed E-state index contributed by atoms with van der Waals surface area (Å²) < 4.78 is 1.11. The van der Waals surface area contributed by atoms with Crippen LogP contribution in [-0.2, 0) is 0 Å². The third kappa shape index (κ3) is 16.1. The lowest BCUT2D eigenvalue weighted by atomic mass is 10.0. The summed E-state index contributed by atoms with van der Waals surface area (Å²) in [7, 11) is 0. The van der Waals surface area contributed by atoms with Crippen molar-refractivity contribution in [1.82, 2.24) is 0 Å². The number of halogens is 1. The number of likely N-dealkylation sites (N-methyl/N-ethyl adjacent to an activating group) is 1. The molecule has 0 radical (unpaired) electrons. The summed E-state index contributed by atoms with van der Waals surface area (Å²) in [6, 6.07) is 0. The molecule has 25 heavy (non-hydrogen) atoms. The second-order valence-corrected chi connectivity index (χ2v) is 7.74. The molecule has 0 aliphatic rings. The van der Waals surface area contributed by atoms with E-state index in [4.69, 9.17) is 0 Å². The highest BCUT2D eigenvalue weighted by molar-refractivity contribution is 4.50. The largest absolute Gasteiger partial charge is 1.00 e. The van der Waals surface area contributed by atoms with Crippen molar-refractivity contribution in [2.24, 2.45) is 0 Å². The fourth-order valence-electron chi connectivity index (χ4n) is 3.82. The Morgan fingerprint density at radius 1 is 0.520 bits per heavy atom. The first-order valence-electron chi connectivity index (χ1n) is 11.2. The van der Waals surface area contributed by atoms with Crippen LogP contribution in [0.3, 0.4) is 0 Å². The fraction of sp³-hybridized carbons (Fsp3) is 1.00. The van der Waals surface area contributed by atoms with Crippen molar-refractivity contribution >= 4 is 0 Å². The molecule has 0 aliphatic carbocycles. The van der Waals surface area contributed by atoms with E-state index in [1.54, 1.807) is 0 Å². The van der Waals surface area contributed by atoms with Crippen molar-refractivity contribution in [3.8, 4) is 0 Å². The SMILES string of the molecule is CCCCCCCCCCCCCCCC[N+](CC)(CC)CCO.[Cl-]. The van der Waals surface area contributed by atoms with Gasteiger partial charge in [-0.05, 0) is 26.7 Å². The van der Waals surface area contributed by atoms with Crippen molar-refractivity contribution < 1.29 is 22.0 Å². The van der Waals surface area contributed by atoms with Crippen molar-refractivity contribution in [3.63, 3.8) is 0 Å². The fourth-order valence-corrected chi connectivity index (χ4v) is 3.82. The van der Waals surface area contributed by atoms with Gasteiger partial charge >= 0.3 is 0 Å². The van der Waals surface area contributed by atoms with E-state index in [1.165, 1.54) is 96.4 Å². The molecule has 0 fully saturated rings. The zero-order chi connectivity index (χ0) is 17.9. The monoisotopic (exact) mass is 377 g/mol. The third-order valence-electron chi connectivity index (χ3n) is 5.90. The van der Waals surface area contributed by atoms with Crippen molar-refractivity contribution in [1.29, 1.82) is 0 Å². The summed E-state index contributed by atoms with van der Waals surface area (Å²) in [5, 5.41) is 9.26. The average Bonchev–Trinajstić information content (AvgIpc) is 2.61. The second kappa shape index (κ2) is 20.5. The van der Waals surface area contributed by atoms with Gasteiger partial charge in [0.25, 0.3) is 0 Å². The molecule has 0 saturated carbocycles. The Hall–Kier alpha value is 0.210. The normalized spacial score (nSPS) is 11.5. The highest BCUT2D eigenvalue weighted by Crippen LogP contribution is 2.14. The predicted molar refractivity (Wildman–Crippen MR) is 108 cm³/mol. The van der Waals surface area contributed by atoms with Gasteiger partial charge in [-0.2, -0.15) is 0 Å². The van der Waals surface area contributed by atoms with Gasteiger partial charge in [0.1, 0.15) is 6.54 Å². The molecule has 0 amide bonds. The van der Waals surface area contributed by atoms with E-state index in [1.807, 2.05) is 0 Å². The van der Waals surface area contributed by atoms with Crippen LogP contribution < -0.4 is 12.4 Å². The van der Waals surface area contributed by atoms with E-state index in [0.29, 0.717) is 6.61 Å². The van der Waals surface area contributed by atoms with E-state index in [9.17, 15) is 5.11 Å². The molecule has 0 rings (SSSR count). The number of nitrogens with zero attached hydrogens (tertiary/aromatic N) is 1. The lowest BCUT2D eigenvalue weighted by molar-refractivity contribution is -0.925. The molecule has 0 aromatic heterocycles. The topological polar surface area (TPSA) is 20.2 Å². The van der Waals surface area contributed by atoms with Crippen LogP contribution in [0.15, 0.2) is 0 Å². The zero-order valence-electron chi connectivity index (χ0n) is 17.7. The molecule has 0 unspecified atom stereocenters. The first kappa shape index (κ1) is 27.4. The van der Waals surface area contributed by atoms with Crippen LogP contribution in [0.1, 0.15) is 111 Å². The maximum Gasteiger partial charge on any atom is 0.102 e. The summed E-state index contributed by atoms with van der Waals surface area (Å²) in [4.78, 5) is 0. The Labute approximate surface area is 165 Å². The summed E-state index contributed by atoms with van der Waals surface area (Å²) in [5.41, 5.74) is 0. The predicted octanol–water partition coefficient (Wildman–Crippen LogP) is 3.32. The van der Waals surface area contributed by atoms with E-state index in [0.717, 1.165) is 24.1 Å². The minimum atomic E-state index is 0. The maximum atomic E-state index is 9.26. The zero-order valence-corrected chi connectivity index (χ0v) is 18.5. The average molecular weight is 378 g/mol. The number of quaternary nitrogens is 1. The molecule has 0 spiro atoms. The molecule has 0 bridgehead atoms. The Kier molecular flexibility index (Phi) is 22.5. The first-order chi connectivity index (χ1) is 11.7. The third-order valence-corrected chi connectivity index (χ3v) is 5.90. The van der Waals surface area contributed by atoms with Crippen LogP contribution in [0.4, 0.5) is 0 Å². The van der Waals surface area contributed by atoms with Crippen molar-refractivity contribution in [3.05, 3.63) is 0 Å². The van der Waals surface area contributed by atoms with E-state index < -0.39 is 0 Å². The number of hydrogen-bond donors (Lipinski definition) is 1. The quantitative estimate of drug-likeness (QED) is 0.270. The highest BCUT2D eigenvalue weighted by Gasteiger charge is 2.21. The molecule has 154 valence electrons. The van der Waals surface area contributed by atoms with Crippen molar-refractivity contribution in [2.45, 2.75) is 111 Å². The summed E-state index contributed by atoms with van der Waals surface area (Å²) in [6.07, 6.45) is 20.0. The van der Waals surface area contributed by atoms with Crippen LogP contribution in [0.25, 0.3) is 0 Å². The Balaban J connectivity index is 0. The summed E-state index contributed by atoms with van der Waals surface area (Å²) >= 11 is 0. The standard InChI is InChI=1S/C22H48NO.ClH/c1-4-7-8-9-10-11-12-13-14-15-16-17-18-19-20-23(5-2,6-3)21-22-24;/h24H,4-22H2,1-3H3;1H/q+1;/p-1. The van der Waals surface area contributed by atoms with Gasteiger partial charge in [0.15, 0.2) is 0 Å². The van der Waals surface area contributed by atoms with Gasteiger partial charge in [-0.15, -0.1) is 0 Å². The summed E-state index contributed by atoms with van der Waals surface area (Å²) in [5.74, 6) is 0. The molecule has 0 aromatic carbocycles. The molecule has 3 heteroatoms. The van der Waals surface area contributed by atoms with Gasteiger partial charge in [0.05, 0.1) is 26.2 Å². The molecule has 0 saturated heterocycles. The number of rotatable bonds is 19. The Bertz CT molecular complexity index is 244. The van der Waals surface area contributed by atoms with Gasteiger partial charge < -0.3 is 22.0 Å². The highest BCUT2D eigenvalue weighted by atomic mass is 35.5. The van der Waals surface area contributed by atoms with Gasteiger partial charge in [-0.1, -0.05) is 84.0 Å². The number of aliphatic hydroxyl groups is 1. The first-order valence-corrected chi connectivity index (χ1v) is 11.2. The molecule has 0 aliphatic heterocycles. The molecule has 0 heterocycles. The van der Waals surface area contributed by atoms with Gasteiger partial charge in [-0.25, -0.2) is 0 Å².